The summed E-state index contributed by atoms with van der Waals surface area (Å²) >= 11 is 0. The van der Waals surface area contributed by atoms with E-state index >= 15 is 0 Å². The smallest absolute Gasteiger partial charge is 0.335 e. The summed E-state index contributed by atoms with van der Waals surface area (Å²) in [6.45, 7) is 5.70. The number of carboxylic acid groups (broad SMARTS) is 1. The van der Waals surface area contributed by atoms with Crippen molar-refractivity contribution in [3.8, 4) is 0 Å². The summed E-state index contributed by atoms with van der Waals surface area (Å²) in [6.07, 6.45) is 44.6. The van der Waals surface area contributed by atoms with Crippen LogP contribution in [0.25, 0.3) is 0 Å². The quantitative estimate of drug-likeness (QED) is 0.0229. The summed E-state index contributed by atoms with van der Waals surface area (Å²) in [7, 11) is 0. The molecule has 0 spiro atoms. The van der Waals surface area contributed by atoms with Gasteiger partial charge >= 0.3 is 23.9 Å². The Morgan fingerprint density at radius 1 is 0.493 bits per heavy atom. The molecule has 69 heavy (non-hydrogen) atoms. The number of hydrogen-bond acceptors (Lipinski definition) is 11. The van der Waals surface area contributed by atoms with Crippen molar-refractivity contribution >= 4 is 23.9 Å². The van der Waals surface area contributed by atoms with Gasteiger partial charge in [0, 0.05) is 19.3 Å². The number of ether oxygens (including phenoxy) is 5. The molecular weight excluding hydrogens is 877 g/mol. The lowest BCUT2D eigenvalue weighted by Gasteiger charge is -2.40. The fourth-order valence-corrected chi connectivity index (χ4v) is 7.37. The molecule has 1 rings (SSSR count). The average molecular weight is 969 g/mol. The van der Waals surface area contributed by atoms with E-state index in [1.807, 2.05) is 12.2 Å². The molecule has 6 atom stereocenters. The molecule has 1 aliphatic heterocycles. The fraction of sp³-hybridized carbons (Fsp3) is 0.684. The highest BCUT2D eigenvalue weighted by molar-refractivity contribution is 5.74. The van der Waals surface area contributed by atoms with Crippen LogP contribution in [0.3, 0.4) is 0 Å². The highest BCUT2D eigenvalue weighted by atomic mass is 16.7. The van der Waals surface area contributed by atoms with Gasteiger partial charge in [-0.05, 0) is 77.0 Å². The number of aliphatic hydroxyl groups is 2. The highest BCUT2D eigenvalue weighted by Gasteiger charge is 2.50. The maximum absolute atomic E-state index is 13.0. The normalized spacial score (nSPS) is 19.3. The van der Waals surface area contributed by atoms with Crippen LogP contribution in [0.1, 0.15) is 201 Å². The van der Waals surface area contributed by atoms with Gasteiger partial charge in [0.2, 0.25) is 0 Å². The van der Waals surface area contributed by atoms with Gasteiger partial charge in [0.05, 0.1) is 6.61 Å². The molecule has 392 valence electrons. The topological polar surface area (TPSA) is 175 Å². The van der Waals surface area contributed by atoms with E-state index in [0.717, 1.165) is 96.3 Å². The molecule has 3 N–H and O–H groups in total. The molecule has 0 amide bonds. The number of unbranched alkanes of at least 4 members (excludes halogenated alkanes) is 15. The van der Waals surface area contributed by atoms with Crippen LogP contribution in [0.5, 0.6) is 0 Å². The van der Waals surface area contributed by atoms with Crippen LogP contribution in [0.4, 0.5) is 0 Å². The van der Waals surface area contributed by atoms with Crippen molar-refractivity contribution in [3.63, 3.8) is 0 Å². The predicted octanol–water partition coefficient (Wildman–Crippen LogP) is 12.8. The lowest BCUT2D eigenvalue weighted by atomic mass is 9.98. The first-order chi connectivity index (χ1) is 33.6. The molecule has 0 aromatic carbocycles. The molecule has 1 aliphatic rings. The van der Waals surface area contributed by atoms with Crippen LogP contribution in [0.15, 0.2) is 85.1 Å². The number of aliphatic carboxylic acids is 1. The zero-order chi connectivity index (χ0) is 50.4. The zero-order valence-corrected chi connectivity index (χ0v) is 42.8. The Labute approximate surface area is 416 Å². The van der Waals surface area contributed by atoms with Crippen LogP contribution >= 0.6 is 0 Å². The van der Waals surface area contributed by atoms with Gasteiger partial charge in [0.25, 0.3) is 0 Å². The fourth-order valence-electron chi connectivity index (χ4n) is 7.37. The SMILES string of the molecule is CC/C=C\C/C=C\C/C=C\C/C=C\C/C=C\C/C=C\CCC(=O)OCC(COC1OC(C(=O)O)C(O)C(O)C1OC(=O)CCCCCCC/C=C\CCCC)OC(=O)CCCCCCCCCCC. The van der Waals surface area contributed by atoms with E-state index in [4.69, 9.17) is 23.7 Å². The van der Waals surface area contributed by atoms with Crippen molar-refractivity contribution in [2.24, 2.45) is 0 Å². The Morgan fingerprint density at radius 3 is 1.49 bits per heavy atom. The van der Waals surface area contributed by atoms with E-state index in [1.165, 1.54) is 44.9 Å². The van der Waals surface area contributed by atoms with Crippen molar-refractivity contribution in [2.45, 2.75) is 237 Å². The molecule has 0 aromatic rings. The van der Waals surface area contributed by atoms with E-state index in [0.29, 0.717) is 19.3 Å². The van der Waals surface area contributed by atoms with E-state index < -0.39 is 67.3 Å². The molecule has 0 aromatic heterocycles. The number of aliphatic hydroxyl groups excluding tert-OH is 2. The van der Waals surface area contributed by atoms with Crippen LogP contribution in [-0.4, -0.2) is 89.2 Å². The Balaban J connectivity index is 2.74. The van der Waals surface area contributed by atoms with Gasteiger partial charge in [0.15, 0.2) is 24.6 Å². The van der Waals surface area contributed by atoms with Gasteiger partial charge in [-0.15, -0.1) is 0 Å². The Morgan fingerprint density at radius 2 is 0.957 bits per heavy atom. The number of carbonyl (C=O) groups is 4. The molecule has 0 bridgehead atoms. The molecule has 0 aliphatic carbocycles. The second-order valence-corrected chi connectivity index (χ2v) is 17.8. The Kier molecular flexibility index (Phi) is 41.1. The molecule has 6 unspecified atom stereocenters. The Bertz CT molecular complexity index is 1530. The summed E-state index contributed by atoms with van der Waals surface area (Å²) in [5.41, 5.74) is 0. The standard InChI is InChI=1S/C57H92O12/c1-4-7-10-13-16-19-21-22-23-24-25-26-27-28-30-32-34-37-40-43-49(58)65-46-48(67-50(59)44-41-38-35-31-18-15-12-9-6-3)47-66-57-55(53(62)52(61)54(69-57)56(63)64)68-51(60)45-42-39-36-33-29-20-17-14-11-8-5-2/h7,10,14,16-17,19,22-23,25-26,28,30,34,37,48,52-55,57,61-62H,4-6,8-9,11-13,15,18,20-21,24,27,29,31-33,35-36,38-47H2,1-3H3,(H,63,64)/b10-7-,17-14-,19-16-,23-22-,26-25-,30-28-,37-34-. The Hall–Kier alpha value is -4.10. The minimum atomic E-state index is -1.91. The minimum absolute atomic E-state index is 0.0406. The van der Waals surface area contributed by atoms with Gasteiger partial charge in [-0.1, -0.05) is 189 Å². The van der Waals surface area contributed by atoms with Crippen molar-refractivity contribution in [2.75, 3.05) is 13.2 Å². The summed E-state index contributed by atoms with van der Waals surface area (Å²) in [4.78, 5) is 50.7. The van der Waals surface area contributed by atoms with Crippen molar-refractivity contribution in [3.05, 3.63) is 85.1 Å². The van der Waals surface area contributed by atoms with Gasteiger partial charge in [0.1, 0.15) is 18.8 Å². The van der Waals surface area contributed by atoms with Crippen molar-refractivity contribution < 1.29 is 58.2 Å². The van der Waals surface area contributed by atoms with Gasteiger partial charge in [-0.3, -0.25) is 14.4 Å². The molecule has 1 saturated heterocycles. The summed E-state index contributed by atoms with van der Waals surface area (Å²) < 4.78 is 28.1. The maximum atomic E-state index is 13.0. The van der Waals surface area contributed by atoms with E-state index in [9.17, 15) is 34.5 Å². The van der Waals surface area contributed by atoms with Gasteiger partial charge < -0.3 is 39.0 Å². The van der Waals surface area contributed by atoms with Crippen molar-refractivity contribution in [1.82, 2.24) is 0 Å². The summed E-state index contributed by atoms with van der Waals surface area (Å²) in [5.74, 6) is -3.25. The third kappa shape index (κ3) is 35.6. The number of carboxylic acids is 1. The third-order valence-corrected chi connectivity index (χ3v) is 11.5. The number of carbonyl (C=O) groups excluding carboxylic acids is 3. The second kappa shape index (κ2) is 45.1. The number of hydrogen-bond donors (Lipinski definition) is 3. The molecule has 0 saturated carbocycles. The summed E-state index contributed by atoms with van der Waals surface area (Å²) in [5, 5.41) is 31.3. The lowest BCUT2D eigenvalue weighted by molar-refractivity contribution is -0.301. The lowest BCUT2D eigenvalue weighted by Crippen LogP contribution is -2.61. The third-order valence-electron chi connectivity index (χ3n) is 11.5. The van der Waals surface area contributed by atoms with Gasteiger partial charge in [-0.25, -0.2) is 4.79 Å². The van der Waals surface area contributed by atoms with Crippen molar-refractivity contribution in [1.29, 1.82) is 0 Å². The first-order valence-electron chi connectivity index (χ1n) is 26.6. The van der Waals surface area contributed by atoms with Crippen LogP contribution < -0.4 is 0 Å². The molecule has 12 heteroatoms. The monoisotopic (exact) mass is 969 g/mol. The first kappa shape index (κ1) is 62.9. The number of allylic oxidation sites excluding steroid dienone is 14. The average Bonchev–Trinajstić information content (AvgIpc) is 3.33. The molecular formula is C57H92O12. The largest absolute Gasteiger partial charge is 0.479 e. The second-order valence-electron chi connectivity index (χ2n) is 17.8. The molecule has 0 radical (unpaired) electrons. The molecule has 1 fully saturated rings. The first-order valence-corrected chi connectivity index (χ1v) is 26.6. The molecule has 1 heterocycles. The predicted molar refractivity (Wildman–Crippen MR) is 275 cm³/mol. The highest BCUT2D eigenvalue weighted by Crippen LogP contribution is 2.26. The van der Waals surface area contributed by atoms with E-state index in [2.05, 4.69) is 93.7 Å². The van der Waals surface area contributed by atoms with Crippen LogP contribution in [0.2, 0.25) is 0 Å². The number of esters is 3. The zero-order valence-electron chi connectivity index (χ0n) is 42.8. The van der Waals surface area contributed by atoms with Gasteiger partial charge in [-0.2, -0.15) is 0 Å². The number of rotatable bonds is 43. The van der Waals surface area contributed by atoms with E-state index in [1.54, 1.807) is 0 Å². The summed E-state index contributed by atoms with van der Waals surface area (Å²) in [6, 6.07) is 0. The maximum Gasteiger partial charge on any atom is 0.335 e. The minimum Gasteiger partial charge on any atom is -0.479 e. The molecule has 12 nitrogen and oxygen atoms in total. The van der Waals surface area contributed by atoms with Crippen LogP contribution in [-0.2, 0) is 42.9 Å². The van der Waals surface area contributed by atoms with Crippen LogP contribution in [0, 0.1) is 0 Å². The van der Waals surface area contributed by atoms with E-state index in [-0.39, 0.29) is 25.9 Å².